The zero-order chi connectivity index (χ0) is 13.7. The minimum Gasteiger partial charge on any atom is -0.466 e. The Balaban J connectivity index is 2.07. The zero-order valence-electron chi connectivity index (χ0n) is 11.1. The van der Waals surface area contributed by atoms with Crippen LogP contribution in [-0.2, 0) is 14.3 Å². The largest absolute Gasteiger partial charge is 0.466 e. The predicted molar refractivity (Wildman–Crippen MR) is 67.3 cm³/mol. The Labute approximate surface area is 111 Å². The van der Waals surface area contributed by atoms with E-state index < -0.39 is 5.97 Å². The number of methoxy groups -OCH3 is 1. The molecule has 19 heavy (non-hydrogen) atoms. The summed E-state index contributed by atoms with van der Waals surface area (Å²) in [4.78, 5) is 21.7. The van der Waals surface area contributed by atoms with E-state index in [4.69, 9.17) is 9.47 Å². The van der Waals surface area contributed by atoms with Crippen molar-refractivity contribution in [3.05, 3.63) is 11.8 Å². The lowest BCUT2D eigenvalue weighted by molar-refractivity contribution is -0.143. The molecule has 1 saturated heterocycles. The number of hydrogen-bond acceptors (Lipinski definition) is 7. The molecule has 1 aliphatic rings. The third-order valence-corrected chi connectivity index (χ3v) is 2.68. The molecule has 0 amide bonds. The van der Waals surface area contributed by atoms with Gasteiger partial charge in [0.25, 0.3) is 0 Å². The molecule has 0 saturated carbocycles. The molecule has 1 aliphatic heterocycles. The van der Waals surface area contributed by atoms with E-state index in [1.54, 1.807) is 6.07 Å². The zero-order valence-corrected chi connectivity index (χ0v) is 11.1. The Hall–Kier alpha value is -1.89. The molecule has 1 aromatic rings. The first-order chi connectivity index (χ1) is 9.19. The van der Waals surface area contributed by atoms with Crippen LogP contribution in [0.25, 0.3) is 0 Å². The van der Waals surface area contributed by atoms with Crippen molar-refractivity contribution in [1.82, 2.24) is 9.97 Å². The highest BCUT2D eigenvalue weighted by atomic mass is 16.6. The summed E-state index contributed by atoms with van der Waals surface area (Å²) in [5, 5.41) is 0. The van der Waals surface area contributed by atoms with Crippen LogP contribution in [0.4, 0.5) is 5.95 Å². The number of esters is 1. The van der Waals surface area contributed by atoms with Gasteiger partial charge in [0.1, 0.15) is 0 Å². The maximum atomic E-state index is 11.0. The van der Waals surface area contributed by atoms with E-state index >= 15 is 0 Å². The van der Waals surface area contributed by atoms with Gasteiger partial charge >= 0.3 is 5.97 Å². The standard InChI is InChI=1S/C12H17N3O4/c1-9-7-10(19-8-11(16)17-2)14-12(13-9)15-3-5-18-6-4-15/h7H,3-6,8H2,1-2H3. The van der Waals surface area contributed by atoms with Crippen LogP contribution < -0.4 is 9.64 Å². The second-order valence-electron chi connectivity index (χ2n) is 4.11. The number of anilines is 1. The molecule has 0 N–H and O–H groups in total. The van der Waals surface area contributed by atoms with Crippen molar-refractivity contribution >= 4 is 11.9 Å². The van der Waals surface area contributed by atoms with Crippen LogP contribution in [0, 0.1) is 6.92 Å². The van der Waals surface area contributed by atoms with Crippen molar-refractivity contribution in [3.8, 4) is 5.88 Å². The van der Waals surface area contributed by atoms with Crippen molar-refractivity contribution in [3.63, 3.8) is 0 Å². The van der Waals surface area contributed by atoms with Crippen LogP contribution in [0.15, 0.2) is 6.07 Å². The van der Waals surface area contributed by atoms with Crippen LogP contribution in [0.1, 0.15) is 5.69 Å². The first-order valence-electron chi connectivity index (χ1n) is 6.07. The number of morpholine rings is 1. The van der Waals surface area contributed by atoms with Crippen LogP contribution in [0.2, 0.25) is 0 Å². The molecule has 104 valence electrons. The van der Waals surface area contributed by atoms with Gasteiger partial charge in [0.05, 0.1) is 20.3 Å². The molecule has 0 spiro atoms. The van der Waals surface area contributed by atoms with E-state index in [-0.39, 0.29) is 6.61 Å². The molecule has 0 radical (unpaired) electrons. The first kappa shape index (κ1) is 13.5. The van der Waals surface area contributed by atoms with Gasteiger partial charge in [-0.15, -0.1) is 0 Å². The molecular weight excluding hydrogens is 250 g/mol. The lowest BCUT2D eigenvalue weighted by Crippen LogP contribution is -2.37. The monoisotopic (exact) mass is 267 g/mol. The summed E-state index contributed by atoms with van der Waals surface area (Å²) in [6.07, 6.45) is 0. The summed E-state index contributed by atoms with van der Waals surface area (Å²) in [5.41, 5.74) is 0.788. The Bertz CT molecular complexity index is 447. The number of carbonyl (C=O) groups excluding carboxylic acids is 1. The summed E-state index contributed by atoms with van der Waals surface area (Å²) in [5.74, 6) is 0.534. The third-order valence-electron chi connectivity index (χ3n) is 2.68. The van der Waals surface area contributed by atoms with E-state index in [9.17, 15) is 4.79 Å². The Morgan fingerprint density at radius 1 is 1.42 bits per heavy atom. The lowest BCUT2D eigenvalue weighted by Gasteiger charge is -2.27. The smallest absolute Gasteiger partial charge is 0.343 e. The number of rotatable bonds is 4. The van der Waals surface area contributed by atoms with Gasteiger partial charge in [-0.2, -0.15) is 4.98 Å². The van der Waals surface area contributed by atoms with E-state index in [1.807, 2.05) is 11.8 Å². The lowest BCUT2D eigenvalue weighted by atomic mass is 10.4. The van der Waals surface area contributed by atoms with Crippen molar-refractivity contribution in [2.45, 2.75) is 6.92 Å². The minimum atomic E-state index is -0.441. The highest BCUT2D eigenvalue weighted by molar-refractivity contribution is 5.70. The number of carbonyl (C=O) groups is 1. The third kappa shape index (κ3) is 3.78. The number of aromatic nitrogens is 2. The minimum absolute atomic E-state index is 0.157. The van der Waals surface area contributed by atoms with Gasteiger partial charge in [0, 0.05) is 24.8 Å². The van der Waals surface area contributed by atoms with Crippen LogP contribution >= 0.6 is 0 Å². The summed E-state index contributed by atoms with van der Waals surface area (Å²) in [6.45, 7) is 4.53. The molecule has 0 bridgehead atoms. The molecule has 0 aliphatic carbocycles. The number of ether oxygens (including phenoxy) is 3. The number of aryl methyl sites for hydroxylation is 1. The summed E-state index contributed by atoms with van der Waals surface area (Å²) in [6, 6.07) is 1.69. The molecule has 1 aromatic heterocycles. The molecule has 0 atom stereocenters. The molecule has 0 unspecified atom stereocenters. The van der Waals surface area contributed by atoms with Gasteiger partial charge in [-0.05, 0) is 6.92 Å². The molecule has 1 fully saturated rings. The molecule has 7 nitrogen and oxygen atoms in total. The fourth-order valence-corrected chi connectivity index (χ4v) is 1.70. The number of nitrogens with zero attached hydrogens (tertiary/aromatic N) is 3. The summed E-state index contributed by atoms with van der Waals surface area (Å²) >= 11 is 0. The molecular formula is C12H17N3O4. The van der Waals surface area contributed by atoms with Crippen molar-refractivity contribution in [1.29, 1.82) is 0 Å². The first-order valence-corrected chi connectivity index (χ1v) is 6.07. The summed E-state index contributed by atoms with van der Waals surface area (Å²) in [7, 11) is 1.32. The van der Waals surface area contributed by atoms with Gasteiger partial charge in [0.15, 0.2) is 6.61 Å². The second kappa shape index (κ2) is 6.33. The molecule has 2 heterocycles. The van der Waals surface area contributed by atoms with E-state index in [0.29, 0.717) is 25.0 Å². The van der Waals surface area contributed by atoms with Crippen molar-refractivity contribution in [2.75, 3.05) is 44.9 Å². The fourth-order valence-electron chi connectivity index (χ4n) is 1.70. The van der Waals surface area contributed by atoms with Gasteiger partial charge in [0.2, 0.25) is 11.8 Å². The fraction of sp³-hybridized carbons (Fsp3) is 0.583. The SMILES string of the molecule is COC(=O)COc1cc(C)nc(N2CCOCC2)n1. The Morgan fingerprint density at radius 2 is 2.16 bits per heavy atom. The highest BCUT2D eigenvalue weighted by Gasteiger charge is 2.15. The van der Waals surface area contributed by atoms with Crippen molar-refractivity contribution < 1.29 is 19.0 Å². The van der Waals surface area contributed by atoms with Crippen LogP contribution in [0.5, 0.6) is 5.88 Å². The Morgan fingerprint density at radius 3 is 2.84 bits per heavy atom. The predicted octanol–water partition coefficient (Wildman–Crippen LogP) is 0.173. The van der Waals surface area contributed by atoms with Gasteiger partial charge in [-0.1, -0.05) is 0 Å². The van der Waals surface area contributed by atoms with E-state index in [0.717, 1.165) is 18.8 Å². The second-order valence-corrected chi connectivity index (χ2v) is 4.11. The van der Waals surface area contributed by atoms with Crippen molar-refractivity contribution in [2.24, 2.45) is 0 Å². The van der Waals surface area contributed by atoms with Gasteiger partial charge < -0.3 is 19.1 Å². The number of hydrogen-bond donors (Lipinski definition) is 0. The van der Waals surface area contributed by atoms with Crippen LogP contribution in [-0.4, -0.2) is 56.0 Å². The Kier molecular flexibility index (Phi) is 4.51. The average Bonchev–Trinajstić information content (AvgIpc) is 2.45. The quantitative estimate of drug-likeness (QED) is 0.720. The highest BCUT2D eigenvalue weighted by Crippen LogP contribution is 2.16. The topological polar surface area (TPSA) is 73.8 Å². The maximum Gasteiger partial charge on any atom is 0.343 e. The molecule has 0 aromatic carbocycles. The van der Waals surface area contributed by atoms with E-state index in [1.165, 1.54) is 7.11 Å². The maximum absolute atomic E-state index is 11.0. The van der Waals surface area contributed by atoms with E-state index in [2.05, 4.69) is 14.7 Å². The molecule has 7 heteroatoms. The average molecular weight is 267 g/mol. The van der Waals surface area contributed by atoms with Crippen LogP contribution in [0.3, 0.4) is 0 Å². The summed E-state index contributed by atoms with van der Waals surface area (Å²) < 4.78 is 15.1. The normalized spacial score (nSPS) is 15.2. The van der Waals surface area contributed by atoms with Gasteiger partial charge in [-0.3, -0.25) is 0 Å². The van der Waals surface area contributed by atoms with Gasteiger partial charge in [-0.25, -0.2) is 9.78 Å². The molecule has 2 rings (SSSR count).